The van der Waals surface area contributed by atoms with E-state index in [0.717, 1.165) is 17.8 Å². The minimum atomic E-state index is -0.708. The summed E-state index contributed by atoms with van der Waals surface area (Å²) in [6, 6.07) is 7.82. The van der Waals surface area contributed by atoms with E-state index in [1.165, 1.54) is 6.07 Å². The fourth-order valence-electron chi connectivity index (χ4n) is 1.85. The van der Waals surface area contributed by atoms with Gasteiger partial charge in [0.25, 0.3) is 5.91 Å². The van der Waals surface area contributed by atoms with E-state index in [2.05, 4.69) is 10.2 Å². The van der Waals surface area contributed by atoms with Gasteiger partial charge in [-0.15, -0.1) is 10.2 Å². The number of carbonyl (C=O) groups excluding carboxylic acids is 1. The van der Waals surface area contributed by atoms with Crippen LogP contribution in [0.5, 0.6) is 0 Å². The highest BCUT2D eigenvalue weighted by molar-refractivity contribution is 7.99. The summed E-state index contributed by atoms with van der Waals surface area (Å²) in [6.07, 6.45) is 1.77. The molecule has 0 aliphatic rings. The predicted molar refractivity (Wildman–Crippen MR) is 76.4 cm³/mol. The van der Waals surface area contributed by atoms with Gasteiger partial charge in [0, 0.05) is 11.9 Å². The Kier molecular flexibility index (Phi) is 3.22. The Hall–Kier alpha value is -2.61. The predicted octanol–water partition coefficient (Wildman–Crippen LogP) is 1.70. The molecule has 4 N–H and O–H groups in total. The maximum Gasteiger partial charge on any atom is 0.250 e. The van der Waals surface area contributed by atoms with Crippen molar-refractivity contribution in [2.45, 2.75) is 10.1 Å². The van der Waals surface area contributed by atoms with E-state index < -0.39 is 11.7 Å². The SMILES string of the molecule is NC(=O)c1cc(Sc2nnc3ccccn23)c(F)cc1N. The zero-order valence-electron chi connectivity index (χ0n) is 10.7. The number of amides is 1. The van der Waals surface area contributed by atoms with Crippen molar-refractivity contribution < 1.29 is 9.18 Å². The van der Waals surface area contributed by atoms with Crippen LogP contribution in [-0.4, -0.2) is 20.5 Å². The summed E-state index contributed by atoms with van der Waals surface area (Å²) in [4.78, 5) is 11.5. The molecule has 2 aromatic heterocycles. The quantitative estimate of drug-likeness (QED) is 0.717. The lowest BCUT2D eigenvalue weighted by Crippen LogP contribution is -2.14. The highest BCUT2D eigenvalue weighted by atomic mass is 32.2. The molecule has 21 heavy (non-hydrogen) atoms. The number of carbonyl (C=O) groups is 1. The Morgan fingerprint density at radius 3 is 2.86 bits per heavy atom. The van der Waals surface area contributed by atoms with Crippen LogP contribution in [0.3, 0.4) is 0 Å². The molecular formula is C13H10FN5OS. The van der Waals surface area contributed by atoms with Gasteiger partial charge in [0.2, 0.25) is 5.16 Å². The Morgan fingerprint density at radius 1 is 1.29 bits per heavy atom. The number of anilines is 1. The number of fused-ring (bicyclic) bond motifs is 1. The Bertz CT molecular complexity index is 848. The van der Waals surface area contributed by atoms with Crippen molar-refractivity contribution in [2.24, 2.45) is 5.73 Å². The Balaban J connectivity index is 2.05. The molecule has 3 aromatic rings. The van der Waals surface area contributed by atoms with E-state index in [-0.39, 0.29) is 16.1 Å². The largest absolute Gasteiger partial charge is 0.398 e. The zero-order valence-corrected chi connectivity index (χ0v) is 11.5. The molecular weight excluding hydrogens is 293 g/mol. The molecule has 6 nitrogen and oxygen atoms in total. The molecule has 0 saturated heterocycles. The number of hydrogen-bond donors (Lipinski definition) is 2. The first kappa shape index (κ1) is 13.4. The van der Waals surface area contributed by atoms with E-state index in [1.807, 2.05) is 12.1 Å². The number of pyridine rings is 1. The van der Waals surface area contributed by atoms with Crippen molar-refractivity contribution in [3.05, 3.63) is 47.9 Å². The van der Waals surface area contributed by atoms with E-state index in [4.69, 9.17) is 11.5 Å². The number of hydrogen-bond acceptors (Lipinski definition) is 5. The molecule has 0 atom stereocenters. The van der Waals surface area contributed by atoms with Crippen molar-refractivity contribution in [1.29, 1.82) is 0 Å². The van der Waals surface area contributed by atoms with Crippen LogP contribution in [0.2, 0.25) is 0 Å². The topological polar surface area (TPSA) is 99.3 Å². The number of primary amides is 1. The van der Waals surface area contributed by atoms with E-state index >= 15 is 0 Å². The smallest absolute Gasteiger partial charge is 0.250 e. The molecule has 0 fully saturated rings. The lowest BCUT2D eigenvalue weighted by Gasteiger charge is -2.06. The van der Waals surface area contributed by atoms with Crippen LogP contribution in [0, 0.1) is 5.82 Å². The molecule has 0 unspecified atom stereocenters. The zero-order chi connectivity index (χ0) is 15.0. The molecule has 2 heterocycles. The lowest BCUT2D eigenvalue weighted by atomic mass is 10.1. The number of nitrogens with zero attached hydrogens (tertiary/aromatic N) is 3. The lowest BCUT2D eigenvalue weighted by molar-refractivity contribution is 0.100. The molecule has 1 aromatic carbocycles. The van der Waals surface area contributed by atoms with E-state index in [0.29, 0.717) is 10.8 Å². The number of nitrogen functional groups attached to an aromatic ring is 1. The molecule has 0 bridgehead atoms. The van der Waals surface area contributed by atoms with Crippen LogP contribution < -0.4 is 11.5 Å². The van der Waals surface area contributed by atoms with Crippen molar-refractivity contribution in [3.63, 3.8) is 0 Å². The van der Waals surface area contributed by atoms with Crippen molar-refractivity contribution in [2.75, 3.05) is 5.73 Å². The summed E-state index contributed by atoms with van der Waals surface area (Å²) in [5.74, 6) is -1.25. The minimum Gasteiger partial charge on any atom is -0.398 e. The van der Waals surface area contributed by atoms with Gasteiger partial charge in [-0.1, -0.05) is 6.07 Å². The molecule has 0 aliphatic carbocycles. The standard InChI is InChI=1S/C13H10FN5OS/c14-8-6-9(15)7(12(16)20)5-10(8)21-13-18-17-11-3-1-2-4-19(11)13/h1-6H,15H2,(H2,16,20). The number of benzene rings is 1. The van der Waals surface area contributed by atoms with Crippen LogP contribution in [-0.2, 0) is 0 Å². The van der Waals surface area contributed by atoms with E-state index in [1.54, 1.807) is 16.7 Å². The second-order valence-corrected chi connectivity index (χ2v) is 5.26. The van der Waals surface area contributed by atoms with Crippen LogP contribution in [0.25, 0.3) is 5.65 Å². The summed E-state index contributed by atoms with van der Waals surface area (Å²) in [5.41, 5.74) is 11.5. The third-order valence-corrected chi connectivity index (χ3v) is 3.85. The van der Waals surface area contributed by atoms with Gasteiger partial charge in [0.15, 0.2) is 5.65 Å². The van der Waals surface area contributed by atoms with Crippen molar-refractivity contribution >= 4 is 29.0 Å². The number of aromatic nitrogens is 3. The summed E-state index contributed by atoms with van der Waals surface area (Å²) < 4.78 is 15.7. The van der Waals surface area contributed by atoms with Gasteiger partial charge in [-0.25, -0.2) is 4.39 Å². The van der Waals surface area contributed by atoms with Crippen LogP contribution in [0.1, 0.15) is 10.4 Å². The van der Waals surface area contributed by atoms with Gasteiger partial charge < -0.3 is 11.5 Å². The first-order chi connectivity index (χ1) is 10.1. The summed E-state index contributed by atoms with van der Waals surface area (Å²) in [6.45, 7) is 0. The fourth-order valence-corrected chi connectivity index (χ4v) is 2.71. The molecule has 0 spiro atoms. The highest BCUT2D eigenvalue weighted by Gasteiger charge is 2.15. The molecule has 0 aliphatic heterocycles. The Labute approximate surface area is 123 Å². The fraction of sp³-hybridized carbons (Fsp3) is 0. The van der Waals surface area contributed by atoms with Gasteiger partial charge in [-0.05, 0) is 36.0 Å². The average molecular weight is 303 g/mol. The van der Waals surface area contributed by atoms with Crippen LogP contribution in [0.15, 0.2) is 46.6 Å². The maximum atomic E-state index is 14.0. The molecule has 0 radical (unpaired) electrons. The van der Waals surface area contributed by atoms with Crippen molar-refractivity contribution in [1.82, 2.24) is 14.6 Å². The summed E-state index contributed by atoms with van der Waals surface area (Å²) in [5, 5.41) is 8.44. The Morgan fingerprint density at radius 2 is 2.10 bits per heavy atom. The number of rotatable bonds is 3. The summed E-state index contributed by atoms with van der Waals surface area (Å²) >= 11 is 1.04. The molecule has 3 rings (SSSR count). The molecule has 0 saturated carbocycles. The normalized spacial score (nSPS) is 10.9. The first-order valence-corrected chi connectivity index (χ1v) is 6.74. The highest BCUT2D eigenvalue weighted by Crippen LogP contribution is 2.31. The third kappa shape index (κ3) is 2.40. The van der Waals surface area contributed by atoms with Gasteiger partial charge in [0.1, 0.15) is 5.82 Å². The molecule has 8 heteroatoms. The average Bonchev–Trinajstić information content (AvgIpc) is 2.85. The number of halogens is 1. The second-order valence-electron chi connectivity index (χ2n) is 4.25. The second kappa shape index (κ2) is 5.06. The van der Waals surface area contributed by atoms with Crippen LogP contribution in [0.4, 0.5) is 10.1 Å². The van der Waals surface area contributed by atoms with Gasteiger partial charge in [0.05, 0.1) is 10.5 Å². The van der Waals surface area contributed by atoms with Crippen molar-refractivity contribution in [3.8, 4) is 0 Å². The molecule has 106 valence electrons. The monoisotopic (exact) mass is 303 g/mol. The molecule has 1 amide bonds. The maximum absolute atomic E-state index is 14.0. The first-order valence-electron chi connectivity index (χ1n) is 5.92. The third-order valence-electron chi connectivity index (χ3n) is 2.85. The van der Waals surface area contributed by atoms with E-state index in [9.17, 15) is 9.18 Å². The van der Waals surface area contributed by atoms with Gasteiger partial charge in [-0.3, -0.25) is 9.20 Å². The number of nitrogens with two attached hydrogens (primary N) is 2. The summed E-state index contributed by atoms with van der Waals surface area (Å²) in [7, 11) is 0. The van der Waals surface area contributed by atoms with Gasteiger partial charge >= 0.3 is 0 Å². The van der Waals surface area contributed by atoms with Crippen LogP contribution >= 0.6 is 11.8 Å². The minimum absolute atomic E-state index is 0.00968. The van der Waals surface area contributed by atoms with Gasteiger partial charge in [-0.2, -0.15) is 0 Å².